The van der Waals surface area contributed by atoms with Crippen molar-refractivity contribution in [3.8, 4) is 5.75 Å². The topological polar surface area (TPSA) is 132 Å². The van der Waals surface area contributed by atoms with Crippen LogP contribution in [0.25, 0.3) is 0 Å². The molecule has 5 atom stereocenters. The van der Waals surface area contributed by atoms with Gasteiger partial charge in [-0.2, -0.15) is 0 Å². The second kappa shape index (κ2) is 10.1. The van der Waals surface area contributed by atoms with Crippen molar-refractivity contribution >= 4 is 17.3 Å². The van der Waals surface area contributed by atoms with E-state index in [0.717, 1.165) is 43.6 Å². The van der Waals surface area contributed by atoms with E-state index in [1.165, 1.54) is 11.3 Å². The van der Waals surface area contributed by atoms with Crippen molar-refractivity contribution in [3.63, 3.8) is 0 Å². The van der Waals surface area contributed by atoms with Crippen molar-refractivity contribution in [2.24, 2.45) is 0 Å². The summed E-state index contributed by atoms with van der Waals surface area (Å²) in [6.07, 6.45) is -5.61. The average Bonchev–Trinajstić information content (AvgIpc) is 2.96. The minimum absolute atomic E-state index is 0.381. The largest absolute Gasteiger partial charge is 0.479 e. The first-order chi connectivity index (χ1) is 15.9. The molecule has 33 heavy (non-hydrogen) atoms. The molecule has 2 aliphatic rings. The number of aliphatic carboxylic acids is 1. The molecule has 0 spiro atoms. The number of hydrogen-bond donors (Lipinski definition) is 5. The van der Waals surface area contributed by atoms with Gasteiger partial charge in [-0.3, -0.25) is 0 Å². The third-order valence-electron chi connectivity index (χ3n) is 6.16. The number of benzene rings is 2. The molecule has 2 heterocycles. The number of hydrogen-bond acceptors (Lipinski definition) is 8. The zero-order valence-corrected chi connectivity index (χ0v) is 18.4. The van der Waals surface area contributed by atoms with Gasteiger partial charge >= 0.3 is 5.97 Å². The van der Waals surface area contributed by atoms with Gasteiger partial charge in [-0.25, -0.2) is 4.79 Å². The predicted molar refractivity (Wildman–Crippen MR) is 121 cm³/mol. The quantitative estimate of drug-likeness (QED) is 0.382. The number of para-hydroxylation sites is 1. The number of nitrogens with one attached hydrogen (secondary N) is 1. The molecular formula is C24H30N2O7. The number of rotatable bonds is 7. The van der Waals surface area contributed by atoms with Gasteiger partial charge in [0.2, 0.25) is 6.29 Å². The number of fused-ring (bicyclic) bond motifs is 2. The van der Waals surface area contributed by atoms with E-state index >= 15 is 0 Å². The van der Waals surface area contributed by atoms with Crippen molar-refractivity contribution < 1.29 is 34.7 Å². The number of nitrogens with zero attached hydrogens (tertiary/aromatic N) is 1. The minimum Gasteiger partial charge on any atom is -0.479 e. The van der Waals surface area contributed by atoms with E-state index in [9.17, 15) is 25.2 Å². The standard InChI is InChI=1S/C24H30N2O7/c1-25-11-4-12-26-17-6-3-2-5-14(17)7-8-15-13-16(9-10-18(15)26)32-24-21(29)19(27)20(28)22(33-24)23(30)31/h2-3,5-6,9-10,13,19-22,24-25,27-29H,4,7-8,11-12H2,1H3,(H,30,31)/t19-,20-,21+,22-,24?/m0/s1. The molecule has 1 unspecified atom stereocenters. The summed E-state index contributed by atoms with van der Waals surface area (Å²) in [7, 11) is 1.93. The van der Waals surface area contributed by atoms with Crippen molar-refractivity contribution in [2.45, 2.75) is 50.0 Å². The van der Waals surface area contributed by atoms with Gasteiger partial charge in [-0.1, -0.05) is 18.2 Å². The van der Waals surface area contributed by atoms with Crippen LogP contribution in [0.5, 0.6) is 5.75 Å². The number of aliphatic hydroxyl groups excluding tert-OH is 3. The van der Waals surface area contributed by atoms with Crippen LogP contribution in [0.1, 0.15) is 17.5 Å². The van der Waals surface area contributed by atoms with Gasteiger partial charge in [0.15, 0.2) is 6.10 Å². The van der Waals surface area contributed by atoms with Gasteiger partial charge in [0.25, 0.3) is 0 Å². The van der Waals surface area contributed by atoms with E-state index in [0.29, 0.717) is 5.75 Å². The van der Waals surface area contributed by atoms with E-state index in [1.54, 1.807) is 6.07 Å². The highest BCUT2D eigenvalue weighted by Crippen LogP contribution is 2.38. The molecule has 5 N–H and O–H groups in total. The van der Waals surface area contributed by atoms with Crippen LogP contribution < -0.4 is 15.0 Å². The molecular weight excluding hydrogens is 428 g/mol. The highest BCUT2D eigenvalue weighted by atomic mass is 16.7. The van der Waals surface area contributed by atoms with Crippen LogP contribution in [0.4, 0.5) is 11.4 Å². The summed E-state index contributed by atoms with van der Waals surface area (Å²) in [6, 6.07) is 13.9. The Kier molecular flexibility index (Phi) is 7.16. The molecule has 2 aromatic carbocycles. The van der Waals surface area contributed by atoms with Gasteiger partial charge in [0, 0.05) is 17.9 Å². The fraction of sp³-hybridized carbons (Fsp3) is 0.458. The number of carbonyl (C=O) groups is 1. The van der Waals surface area contributed by atoms with E-state index in [-0.39, 0.29) is 0 Å². The van der Waals surface area contributed by atoms with E-state index in [4.69, 9.17) is 9.47 Å². The molecule has 2 aliphatic heterocycles. The lowest BCUT2D eigenvalue weighted by Crippen LogP contribution is -2.61. The number of carboxylic acid groups (broad SMARTS) is 1. The Morgan fingerprint density at radius 3 is 2.55 bits per heavy atom. The van der Waals surface area contributed by atoms with E-state index in [1.807, 2.05) is 31.3 Å². The lowest BCUT2D eigenvalue weighted by atomic mass is 9.99. The zero-order valence-electron chi connectivity index (χ0n) is 18.4. The number of aliphatic hydroxyl groups is 3. The Hall–Kier alpha value is -2.69. The van der Waals surface area contributed by atoms with Gasteiger partial charge in [0.05, 0.1) is 0 Å². The highest BCUT2D eigenvalue weighted by Gasteiger charge is 2.48. The summed E-state index contributed by atoms with van der Waals surface area (Å²) in [6.45, 7) is 1.73. The van der Waals surface area contributed by atoms with Crippen molar-refractivity contribution in [2.75, 3.05) is 25.0 Å². The van der Waals surface area contributed by atoms with Crippen LogP contribution in [0.2, 0.25) is 0 Å². The lowest BCUT2D eigenvalue weighted by Gasteiger charge is -2.38. The van der Waals surface area contributed by atoms with Crippen molar-refractivity contribution in [1.29, 1.82) is 0 Å². The van der Waals surface area contributed by atoms with Crippen molar-refractivity contribution in [1.82, 2.24) is 5.32 Å². The molecule has 0 amide bonds. The first-order valence-corrected chi connectivity index (χ1v) is 11.1. The van der Waals surface area contributed by atoms with Crippen molar-refractivity contribution in [3.05, 3.63) is 53.6 Å². The highest BCUT2D eigenvalue weighted by molar-refractivity contribution is 5.73. The first-order valence-electron chi connectivity index (χ1n) is 11.1. The molecule has 4 rings (SSSR count). The number of aryl methyl sites for hydroxylation is 2. The smallest absolute Gasteiger partial charge is 0.335 e. The first kappa shape index (κ1) is 23.5. The van der Waals surface area contributed by atoms with Gasteiger partial charge < -0.3 is 40.1 Å². The van der Waals surface area contributed by atoms with Crippen LogP contribution in [0, 0.1) is 0 Å². The fourth-order valence-electron chi connectivity index (χ4n) is 4.42. The van der Waals surface area contributed by atoms with Gasteiger partial charge in [0.1, 0.15) is 24.1 Å². The van der Waals surface area contributed by atoms with E-state index in [2.05, 4.69) is 22.3 Å². The molecule has 0 aromatic heterocycles. The third-order valence-corrected chi connectivity index (χ3v) is 6.16. The number of carboxylic acids is 1. The Bertz CT molecular complexity index is 985. The normalized spacial score (nSPS) is 26.8. The summed E-state index contributed by atoms with van der Waals surface area (Å²) in [4.78, 5) is 13.7. The Labute approximate surface area is 192 Å². The van der Waals surface area contributed by atoms with Crippen LogP contribution in [-0.2, 0) is 22.4 Å². The van der Waals surface area contributed by atoms with Crippen LogP contribution in [-0.4, -0.2) is 77.2 Å². The molecule has 1 saturated heterocycles. The second-order valence-electron chi connectivity index (χ2n) is 8.38. The zero-order chi connectivity index (χ0) is 23.5. The molecule has 9 nitrogen and oxygen atoms in total. The van der Waals surface area contributed by atoms with Crippen LogP contribution in [0.15, 0.2) is 42.5 Å². The second-order valence-corrected chi connectivity index (χ2v) is 8.38. The molecule has 178 valence electrons. The maximum atomic E-state index is 11.4. The summed E-state index contributed by atoms with van der Waals surface area (Å²) in [5, 5.41) is 42.6. The number of anilines is 2. The average molecular weight is 459 g/mol. The fourth-order valence-corrected chi connectivity index (χ4v) is 4.42. The SMILES string of the molecule is CNCCCN1c2ccccc2CCc2cc(OC3O[C@H](C(=O)O)[C@@H](O)[C@H](O)[C@H]3O)ccc21. The van der Waals surface area contributed by atoms with Gasteiger partial charge in [-0.05, 0) is 68.2 Å². The summed E-state index contributed by atoms with van der Waals surface area (Å²) >= 11 is 0. The summed E-state index contributed by atoms with van der Waals surface area (Å²) in [5.74, 6) is -1.06. The Balaban J connectivity index is 1.59. The van der Waals surface area contributed by atoms with Gasteiger partial charge in [-0.15, -0.1) is 0 Å². The molecule has 0 radical (unpaired) electrons. The maximum absolute atomic E-state index is 11.4. The third kappa shape index (κ3) is 4.83. The number of ether oxygens (including phenoxy) is 2. The lowest BCUT2D eigenvalue weighted by molar-refractivity contribution is -0.271. The Morgan fingerprint density at radius 1 is 1.06 bits per heavy atom. The molecule has 0 bridgehead atoms. The van der Waals surface area contributed by atoms with Crippen LogP contribution in [0.3, 0.4) is 0 Å². The molecule has 0 aliphatic carbocycles. The molecule has 9 heteroatoms. The maximum Gasteiger partial charge on any atom is 0.335 e. The minimum atomic E-state index is -1.76. The molecule has 1 fully saturated rings. The van der Waals surface area contributed by atoms with E-state index < -0.39 is 36.7 Å². The Morgan fingerprint density at radius 2 is 1.79 bits per heavy atom. The molecule has 2 aromatic rings. The summed E-state index contributed by atoms with van der Waals surface area (Å²) in [5.41, 5.74) is 4.54. The monoisotopic (exact) mass is 458 g/mol. The molecule has 0 saturated carbocycles. The summed E-state index contributed by atoms with van der Waals surface area (Å²) < 4.78 is 11.0. The predicted octanol–water partition coefficient (Wildman–Crippen LogP) is 0.804. The van der Waals surface area contributed by atoms with Crippen LogP contribution >= 0.6 is 0 Å².